The summed E-state index contributed by atoms with van der Waals surface area (Å²) in [5.41, 5.74) is 2.66. The van der Waals surface area contributed by atoms with Crippen molar-refractivity contribution >= 4 is 33.2 Å². The smallest absolute Gasteiger partial charge is 0.206 e. The van der Waals surface area contributed by atoms with Crippen molar-refractivity contribution in [3.63, 3.8) is 0 Å². The number of nitrogens with two attached hydrogens (primary N) is 1. The van der Waals surface area contributed by atoms with Crippen molar-refractivity contribution in [2.24, 2.45) is 10.8 Å². The largest absolute Gasteiger partial charge is 0.353 e. The van der Waals surface area contributed by atoms with Gasteiger partial charge in [-0.05, 0) is 40.2 Å². The Bertz CT molecular complexity index is 399. The van der Waals surface area contributed by atoms with Crippen LogP contribution in [0.1, 0.15) is 37.0 Å². The molecular weight excluding hydrogens is 312 g/mol. The summed E-state index contributed by atoms with van der Waals surface area (Å²) < 4.78 is 1.12. The zero-order valence-corrected chi connectivity index (χ0v) is 12.7. The number of hydrogen-bond donors (Lipinski definition) is 3. The van der Waals surface area contributed by atoms with E-state index in [4.69, 9.17) is 5.84 Å². The highest BCUT2D eigenvalue weighted by Crippen LogP contribution is 2.23. The minimum absolute atomic E-state index is 0.514. The maximum absolute atomic E-state index is 5.52. The molecule has 0 bridgehead atoms. The van der Waals surface area contributed by atoms with Crippen LogP contribution in [0.2, 0.25) is 0 Å². The van der Waals surface area contributed by atoms with E-state index >= 15 is 0 Å². The molecular formula is C12H19BrN4S. The van der Waals surface area contributed by atoms with Gasteiger partial charge in [0.25, 0.3) is 0 Å². The lowest BCUT2D eigenvalue weighted by molar-refractivity contribution is 0.410. The lowest BCUT2D eigenvalue weighted by Crippen LogP contribution is -2.47. The first-order valence-electron chi connectivity index (χ1n) is 6.29. The molecule has 2 rings (SSSR count). The van der Waals surface area contributed by atoms with Crippen LogP contribution in [0.4, 0.5) is 0 Å². The standard InChI is InChI=1S/C12H19BrN4S/c13-10-6-7-18-11(10)8-15-12(17-14)16-9-4-2-1-3-5-9/h6-7,9H,1-5,8,14H2,(H2,15,16,17). The van der Waals surface area contributed by atoms with E-state index in [1.807, 2.05) is 6.07 Å². The Balaban J connectivity index is 1.89. The summed E-state index contributed by atoms with van der Waals surface area (Å²) >= 11 is 5.20. The summed E-state index contributed by atoms with van der Waals surface area (Å²) in [7, 11) is 0. The molecule has 1 aliphatic carbocycles. The number of hydrogen-bond acceptors (Lipinski definition) is 3. The van der Waals surface area contributed by atoms with Gasteiger partial charge in [-0.2, -0.15) is 0 Å². The number of nitrogens with zero attached hydrogens (tertiary/aromatic N) is 1. The molecule has 1 saturated carbocycles. The monoisotopic (exact) mass is 330 g/mol. The molecule has 100 valence electrons. The number of halogens is 1. The van der Waals surface area contributed by atoms with Crippen LogP contribution in [0.15, 0.2) is 20.9 Å². The van der Waals surface area contributed by atoms with Crippen molar-refractivity contribution in [3.8, 4) is 0 Å². The van der Waals surface area contributed by atoms with Crippen molar-refractivity contribution in [2.45, 2.75) is 44.7 Å². The predicted octanol–water partition coefficient (Wildman–Crippen LogP) is 2.75. The van der Waals surface area contributed by atoms with Crippen LogP contribution in [0.5, 0.6) is 0 Å². The first kappa shape index (κ1) is 13.8. The Kier molecular flexibility index (Phi) is 5.46. The van der Waals surface area contributed by atoms with Gasteiger partial charge in [0.05, 0.1) is 6.54 Å². The quantitative estimate of drug-likeness (QED) is 0.345. The van der Waals surface area contributed by atoms with Crippen LogP contribution in [-0.2, 0) is 6.54 Å². The van der Waals surface area contributed by atoms with E-state index in [2.05, 4.69) is 37.0 Å². The molecule has 1 aliphatic rings. The van der Waals surface area contributed by atoms with Crippen LogP contribution in [0.3, 0.4) is 0 Å². The summed E-state index contributed by atoms with van der Waals surface area (Å²) in [4.78, 5) is 5.71. The van der Waals surface area contributed by atoms with E-state index in [-0.39, 0.29) is 0 Å². The number of aliphatic imine (C=N–C) groups is 1. The molecule has 6 heteroatoms. The molecule has 4 nitrogen and oxygen atoms in total. The highest BCUT2D eigenvalue weighted by atomic mass is 79.9. The molecule has 0 saturated heterocycles. The van der Waals surface area contributed by atoms with Gasteiger partial charge >= 0.3 is 0 Å². The van der Waals surface area contributed by atoms with E-state index in [1.165, 1.54) is 37.0 Å². The van der Waals surface area contributed by atoms with Gasteiger partial charge in [-0.1, -0.05) is 19.3 Å². The lowest BCUT2D eigenvalue weighted by Gasteiger charge is -2.24. The van der Waals surface area contributed by atoms with Crippen molar-refractivity contribution in [1.29, 1.82) is 0 Å². The average molecular weight is 331 g/mol. The molecule has 0 radical (unpaired) electrons. The first-order valence-corrected chi connectivity index (χ1v) is 7.96. The second-order valence-electron chi connectivity index (χ2n) is 4.48. The molecule has 1 heterocycles. The maximum Gasteiger partial charge on any atom is 0.206 e. The van der Waals surface area contributed by atoms with E-state index in [9.17, 15) is 0 Å². The van der Waals surface area contributed by atoms with Crippen molar-refractivity contribution in [1.82, 2.24) is 10.7 Å². The van der Waals surface area contributed by atoms with Gasteiger partial charge in [-0.25, -0.2) is 10.8 Å². The van der Waals surface area contributed by atoms with Gasteiger partial charge in [-0.3, -0.25) is 5.43 Å². The van der Waals surface area contributed by atoms with Crippen LogP contribution in [-0.4, -0.2) is 12.0 Å². The fourth-order valence-electron chi connectivity index (χ4n) is 2.16. The van der Waals surface area contributed by atoms with Crippen LogP contribution in [0, 0.1) is 0 Å². The SMILES string of the molecule is NNC(=NCc1sccc1Br)NC1CCCCC1. The van der Waals surface area contributed by atoms with Gasteiger partial charge in [0.15, 0.2) is 0 Å². The number of guanidine groups is 1. The Morgan fingerprint density at radius 1 is 1.44 bits per heavy atom. The predicted molar refractivity (Wildman–Crippen MR) is 80.5 cm³/mol. The number of rotatable bonds is 3. The zero-order valence-electron chi connectivity index (χ0n) is 10.3. The van der Waals surface area contributed by atoms with Crippen LogP contribution < -0.4 is 16.6 Å². The molecule has 0 spiro atoms. The van der Waals surface area contributed by atoms with Gasteiger partial charge in [0.1, 0.15) is 0 Å². The minimum atomic E-state index is 0.514. The van der Waals surface area contributed by atoms with Crippen LogP contribution >= 0.6 is 27.3 Å². The van der Waals surface area contributed by atoms with Crippen molar-refractivity contribution in [3.05, 3.63) is 20.8 Å². The summed E-state index contributed by atoms with van der Waals surface area (Å²) in [5, 5.41) is 5.45. The molecule has 0 aliphatic heterocycles. The Morgan fingerprint density at radius 3 is 2.83 bits per heavy atom. The molecule has 0 amide bonds. The maximum atomic E-state index is 5.52. The highest BCUT2D eigenvalue weighted by Gasteiger charge is 2.14. The highest BCUT2D eigenvalue weighted by molar-refractivity contribution is 9.10. The Morgan fingerprint density at radius 2 is 2.22 bits per heavy atom. The van der Waals surface area contributed by atoms with Crippen molar-refractivity contribution < 1.29 is 0 Å². The summed E-state index contributed by atoms with van der Waals surface area (Å²) in [6.07, 6.45) is 6.37. The molecule has 0 aromatic carbocycles. The number of thiophene rings is 1. The third kappa shape index (κ3) is 3.96. The second kappa shape index (κ2) is 7.11. The van der Waals surface area contributed by atoms with Gasteiger partial charge in [0, 0.05) is 15.4 Å². The Labute approximate surface area is 120 Å². The van der Waals surface area contributed by atoms with E-state index < -0.39 is 0 Å². The number of nitrogens with one attached hydrogen (secondary N) is 2. The summed E-state index contributed by atoms with van der Waals surface area (Å²) in [6.45, 7) is 0.650. The summed E-state index contributed by atoms with van der Waals surface area (Å²) in [5.74, 6) is 6.21. The van der Waals surface area contributed by atoms with Crippen LogP contribution in [0.25, 0.3) is 0 Å². The minimum Gasteiger partial charge on any atom is -0.353 e. The fourth-order valence-corrected chi connectivity index (χ4v) is 3.56. The first-order chi connectivity index (χ1) is 8.79. The Hall–Kier alpha value is -0.590. The van der Waals surface area contributed by atoms with Gasteiger partial charge in [-0.15, -0.1) is 11.3 Å². The second-order valence-corrected chi connectivity index (χ2v) is 6.34. The van der Waals surface area contributed by atoms with E-state index in [0.29, 0.717) is 18.5 Å². The fraction of sp³-hybridized carbons (Fsp3) is 0.583. The normalized spacial score (nSPS) is 17.8. The molecule has 1 fully saturated rings. The third-order valence-electron chi connectivity index (χ3n) is 3.15. The zero-order chi connectivity index (χ0) is 12.8. The molecule has 0 atom stereocenters. The lowest BCUT2D eigenvalue weighted by atomic mass is 9.96. The molecule has 1 aromatic rings. The molecule has 0 unspecified atom stereocenters. The molecule has 4 N–H and O–H groups in total. The van der Waals surface area contributed by atoms with E-state index in [1.54, 1.807) is 11.3 Å². The topological polar surface area (TPSA) is 62.4 Å². The van der Waals surface area contributed by atoms with Gasteiger partial charge in [0.2, 0.25) is 5.96 Å². The number of hydrazine groups is 1. The molecule has 18 heavy (non-hydrogen) atoms. The third-order valence-corrected chi connectivity index (χ3v) is 5.07. The van der Waals surface area contributed by atoms with E-state index in [0.717, 1.165) is 4.47 Å². The molecule has 1 aromatic heterocycles. The average Bonchev–Trinajstić information content (AvgIpc) is 2.81. The van der Waals surface area contributed by atoms with Gasteiger partial charge < -0.3 is 5.32 Å². The summed E-state index contributed by atoms with van der Waals surface area (Å²) in [6, 6.07) is 2.56. The van der Waals surface area contributed by atoms with Crippen molar-refractivity contribution in [2.75, 3.05) is 0 Å².